The molecule has 0 amide bonds. The number of nitrogens with zero attached hydrogens (tertiary/aromatic N) is 7. The molecule has 0 aliphatic carbocycles. The normalized spacial score (nSPS) is 15.3. The Kier molecular flexibility index (Phi) is 5.18. The molecule has 28 heavy (non-hydrogen) atoms. The third-order valence-corrected chi connectivity index (χ3v) is 5.23. The summed E-state index contributed by atoms with van der Waals surface area (Å²) in [6.07, 6.45) is 10.8. The van der Waals surface area contributed by atoms with Crippen LogP contribution >= 0.6 is 0 Å². The Morgan fingerprint density at radius 1 is 1.18 bits per heavy atom. The third-order valence-electron chi connectivity index (χ3n) is 5.23. The van der Waals surface area contributed by atoms with Gasteiger partial charge < -0.3 is 4.90 Å². The summed E-state index contributed by atoms with van der Waals surface area (Å²) in [5, 5.41) is 4.21. The quantitative estimate of drug-likeness (QED) is 0.676. The van der Waals surface area contributed by atoms with Crippen molar-refractivity contribution in [2.45, 2.75) is 39.2 Å². The number of anilines is 1. The van der Waals surface area contributed by atoms with E-state index in [1.54, 1.807) is 40.2 Å². The molecule has 146 valence electrons. The fourth-order valence-corrected chi connectivity index (χ4v) is 3.53. The molecular formula is C20H25N7O. The van der Waals surface area contributed by atoms with Gasteiger partial charge in [-0.25, -0.2) is 14.6 Å². The second-order valence-electron chi connectivity index (χ2n) is 7.58. The first-order chi connectivity index (χ1) is 13.6. The molecule has 8 nitrogen and oxygen atoms in total. The molecule has 1 fully saturated rings. The molecule has 0 aromatic carbocycles. The lowest BCUT2D eigenvalue weighted by Gasteiger charge is -2.32. The largest absolute Gasteiger partial charge is 0.355 e. The van der Waals surface area contributed by atoms with E-state index < -0.39 is 0 Å². The Labute approximate surface area is 163 Å². The van der Waals surface area contributed by atoms with Crippen molar-refractivity contribution < 1.29 is 0 Å². The fraction of sp³-hybridized carbons (Fsp3) is 0.450. The van der Waals surface area contributed by atoms with E-state index >= 15 is 0 Å². The van der Waals surface area contributed by atoms with E-state index in [9.17, 15) is 4.79 Å². The number of piperidine rings is 1. The molecule has 4 rings (SSSR count). The van der Waals surface area contributed by atoms with Crippen LogP contribution < -0.4 is 10.5 Å². The molecule has 0 N–H and O–H groups in total. The molecule has 1 aliphatic rings. The molecule has 4 heterocycles. The molecule has 0 bridgehead atoms. The molecule has 0 atom stereocenters. The van der Waals surface area contributed by atoms with Crippen LogP contribution in [0.3, 0.4) is 0 Å². The van der Waals surface area contributed by atoms with Crippen LogP contribution in [0, 0.1) is 5.92 Å². The van der Waals surface area contributed by atoms with E-state index in [1.165, 1.54) is 0 Å². The summed E-state index contributed by atoms with van der Waals surface area (Å²) in [7, 11) is 0. The SMILES string of the molecule is CC(C)c1cc(=O)n(CC2CCN(c3cncc(-n4cccn4)n3)CC2)cn1. The van der Waals surface area contributed by atoms with E-state index in [0.29, 0.717) is 11.7 Å². The van der Waals surface area contributed by atoms with Gasteiger partial charge in [-0.1, -0.05) is 13.8 Å². The molecule has 0 radical (unpaired) electrons. The molecule has 0 saturated carbocycles. The van der Waals surface area contributed by atoms with Gasteiger partial charge in [-0.05, 0) is 30.7 Å². The average Bonchev–Trinajstić information content (AvgIpc) is 3.25. The van der Waals surface area contributed by atoms with Crippen molar-refractivity contribution in [2.75, 3.05) is 18.0 Å². The summed E-state index contributed by atoms with van der Waals surface area (Å²) in [6.45, 7) is 6.61. The highest BCUT2D eigenvalue weighted by molar-refractivity contribution is 5.39. The second-order valence-corrected chi connectivity index (χ2v) is 7.58. The Balaban J connectivity index is 1.39. The zero-order chi connectivity index (χ0) is 19.5. The van der Waals surface area contributed by atoms with Gasteiger partial charge in [-0.2, -0.15) is 5.10 Å². The smallest absolute Gasteiger partial charge is 0.253 e. The predicted molar refractivity (Wildman–Crippen MR) is 107 cm³/mol. The van der Waals surface area contributed by atoms with Crippen LogP contribution in [0.4, 0.5) is 5.82 Å². The minimum absolute atomic E-state index is 0.0407. The monoisotopic (exact) mass is 379 g/mol. The van der Waals surface area contributed by atoms with Crippen LogP contribution in [-0.4, -0.2) is 42.4 Å². The second kappa shape index (κ2) is 7.92. The molecule has 0 unspecified atom stereocenters. The summed E-state index contributed by atoms with van der Waals surface area (Å²) in [4.78, 5) is 28.0. The van der Waals surface area contributed by atoms with Gasteiger partial charge >= 0.3 is 0 Å². The lowest BCUT2D eigenvalue weighted by Crippen LogP contribution is -2.37. The van der Waals surface area contributed by atoms with Crippen LogP contribution in [0.1, 0.15) is 38.3 Å². The Morgan fingerprint density at radius 3 is 2.64 bits per heavy atom. The van der Waals surface area contributed by atoms with E-state index in [-0.39, 0.29) is 11.5 Å². The zero-order valence-corrected chi connectivity index (χ0v) is 16.3. The van der Waals surface area contributed by atoms with Gasteiger partial charge in [0.05, 0.1) is 24.4 Å². The van der Waals surface area contributed by atoms with Crippen molar-refractivity contribution in [1.82, 2.24) is 29.3 Å². The summed E-state index contributed by atoms with van der Waals surface area (Å²) in [5.74, 6) is 2.31. The van der Waals surface area contributed by atoms with Crippen molar-refractivity contribution >= 4 is 5.82 Å². The minimum Gasteiger partial charge on any atom is -0.355 e. The van der Waals surface area contributed by atoms with Crippen LogP contribution in [0.15, 0.2) is 48.0 Å². The van der Waals surface area contributed by atoms with Crippen LogP contribution in [0.2, 0.25) is 0 Å². The minimum atomic E-state index is 0.0407. The van der Waals surface area contributed by atoms with Gasteiger partial charge in [0, 0.05) is 38.1 Å². The molecule has 3 aromatic rings. The Morgan fingerprint density at radius 2 is 1.96 bits per heavy atom. The van der Waals surface area contributed by atoms with Gasteiger partial charge in [0.1, 0.15) is 5.82 Å². The van der Waals surface area contributed by atoms with E-state index in [4.69, 9.17) is 0 Å². The summed E-state index contributed by atoms with van der Waals surface area (Å²) in [6, 6.07) is 3.53. The van der Waals surface area contributed by atoms with Gasteiger partial charge in [0.2, 0.25) is 0 Å². The van der Waals surface area contributed by atoms with E-state index in [1.807, 2.05) is 26.1 Å². The number of hydrogen-bond donors (Lipinski definition) is 0. The molecule has 1 aliphatic heterocycles. The van der Waals surface area contributed by atoms with E-state index in [2.05, 4.69) is 25.0 Å². The highest BCUT2D eigenvalue weighted by Crippen LogP contribution is 2.23. The maximum absolute atomic E-state index is 12.3. The summed E-state index contributed by atoms with van der Waals surface area (Å²) in [5.41, 5.74) is 0.894. The third kappa shape index (κ3) is 3.95. The van der Waals surface area contributed by atoms with Crippen LogP contribution in [-0.2, 0) is 6.54 Å². The molecular weight excluding hydrogens is 354 g/mol. The zero-order valence-electron chi connectivity index (χ0n) is 16.3. The number of aromatic nitrogens is 6. The van der Waals surface area contributed by atoms with Gasteiger partial charge in [0.15, 0.2) is 5.82 Å². The highest BCUT2D eigenvalue weighted by atomic mass is 16.1. The molecule has 0 spiro atoms. The number of rotatable bonds is 5. The van der Waals surface area contributed by atoms with Crippen molar-refractivity contribution in [3.63, 3.8) is 0 Å². The lowest BCUT2D eigenvalue weighted by molar-refractivity contribution is 0.349. The van der Waals surface area contributed by atoms with Gasteiger partial charge in [0.25, 0.3) is 5.56 Å². The first-order valence-corrected chi connectivity index (χ1v) is 9.73. The maximum atomic E-state index is 12.3. The predicted octanol–water partition coefficient (Wildman–Crippen LogP) is 2.26. The standard InChI is InChI=1S/C20H25N7O/c1-15(2)17-10-20(28)26(14-22-17)13-16-4-8-25(9-5-16)18-11-21-12-19(24-18)27-7-3-6-23-27/h3,6-7,10-12,14-16H,4-5,8-9,13H2,1-2H3. The van der Waals surface area contributed by atoms with E-state index in [0.717, 1.165) is 44.0 Å². The topological polar surface area (TPSA) is 81.7 Å². The Bertz CT molecular complexity index is 972. The summed E-state index contributed by atoms with van der Waals surface area (Å²) >= 11 is 0. The highest BCUT2D eigenvalue weighted by Gasteiger charge is 2.21. The fourth-order valence-electron chi connectivity index (χ4n) is 3.53. The first kappa shape index (κ1) is 18.3. The van der Waals surface area contributed by atoms with Gasteiger partial charge in [-0.3, -0.25) is 14.3 Å². The van der Waals surface area contributed by atoms with Crippen molar-refractivity contribution in [3.05, 3.63) is 59.3 Å². The van der Waals surface area contributed by atoms with Crippen LogP contribution in [0.5, 0.6) is 0 Å². The first-order valence-electron chi connectivity index (χ1n) is 9.73. The number of hydrogen-bond acceptors (Lipinski definition) is 6. The lowest BCUT2D eigenvalue weighted by atomic mass is 9.96. The van der Waals surface area contributed by atoms with Crippen LogP contribution in [0.25, 0.3) is 5.82 Å². The molecule has 1 saturated heterocycles. The summed E-state index contributed by atoms with van der Waals surface area (Å²) < 4.78 is 3.45. The average molecular weight is 379 g/mol. The molecule has 3 aromatic heterocycles. The van der Waals surface area contributed by atoms with Gasteiger partial charge in [-0.15, -0.1) is 0 Å². The molecule has 8 heteroatoms. The maximum Gasteiger partial charge on any atom is 0.253 e. The van der Waals surface area contributed by atoms with Crippen molar-refractivity contribution in [3.8, 4) is 5.82 Å². The van der Waals surface area contributed by atoms with Crippen molar-refractivity contribution in [1.29, 1.82) is 0 Å². The van der Waals surface area contributed by atoms with Crippen molar-refractivity contribution in [2.24, 2.45) is 5.92 Å². The Hall–Kier alpha value is -3.03.